The van der Waals surface area contributed by atoms with Gasteiger partial charge in [0.1, 0.15) is 5.75 Å². The molecule has 1 aromatic heterocycles. The molecule has 3 heteroatoms. The Kier molecular flexibility index (Phi) is 4.15. The van der Waals surface area contributed by atoms with Crippen LogP contribution < -0.4 is 10.1 Å². The van der Waals surface area contributed by atoms with Crippen LogP contribution in [0, 0.1) is 0 Å². The molecule has 0 amide bonds. The van der Waals surface area contributed by atoms with E-state index < -0.39 is 0 Å². The largest absolute Gasteiger partial charge is 0.491 e. The molecule has 2 aromatic rings. The molecule has 2 atom stereocenters. The van der Waals surface area contributed by atoms with Crippen molar-refractivity contribution in [3.63, 3.8) is 0 Å². The van der Waals surface area contributed by atoms with Gasteiger partial charge in [-0.1, -0.05) is 6.07 Å². The van der Waals surface area contributed by atoms with E-state index in [9.17, 15) is 0 Å². The predicted molar refractivity (Wildman–Crippen MR) is 75.0 cm³/mol. The van der Waals surface area contributed by atoms with Gasteiger partial charge in [-0.05, 0) is 45.5 Å². The van der Waals surface area contributed by atoms with E-state index in [1.165, 1.54) is 0 Å². The highest BCUT2D eigenvalue weighted by Crippen LogP contribution is 2.20. The van der Waals surface area contributed by atoms with Crippen LogP contribution in [0.5, 0.6) is 5.75 Å². The molecule has 0 saturated heterocycles. The van der Waals surface area contributed by atoms with Crippen molar-refractivity contribution >= 4 is 10.9 Å². The maximum absolute atomic E-state index is 5.91. The van der Waals surface area contributed by atoms with Crippen molar-refractivity contribution in [1.29, 1.82) is 0 Å². The van der Waals surface area contributed by atoms with Crippen LogP contribution in [0.15, 0.2) is 36.5 Å². The molecule has 3 nitrogen and oxygen atoms in total. The van der Waals surface area contributed by atoms with E-state index in [1.807, 2.05) is 31.3 Å². The Balaban J connectivity index is 2.07. The Hall–Kier alpha value is -1.61. The van der Waals surface area contributed by atoms with Gasteiger partial charge in [0.05, 0.1) is 11.6 Å². The number of fused-ring (bicyclic) bond motifs is 1. The fourth-order valence-electron chi connectivity index (χ4n) is 2.02. The maximum atomic E-state index is 5.91. The van der Waals surface area contributed by atoms with Gasteiger partial charge < -0.3 is 10.1 Å². The van der Waals surface area contributed by atoms with Crippen LogP contribution >= 0.6 is 0 Å². The minimum absolute atomic E-state index is 0.189. The fraction of sp³-hybridized carbons (Fsp3) is 0.400. The van der Waals surface area contributed by atoms with Gasteiger partial charge in [0.25, 0.3) is 0 Å². The molecule has 1 aromatic carbocycles. The first-order chi connectivity index (χ1) is 8.69. The Morgan fingerprint density at radius 2 is 2.11 bits per heavy atom. The van der Waals surface area contributed by atoms with E-state index >= 15 is 0 Å². The Bertz CT molecular complexity index is 513. The highest BCUT2D eigenvalue weighted by molar-refractivity contribution is 5.79. The number of rotatable bonds is 5. The number of pyridine rings is 1. The number of aromatic nitrogens is 1. The lowest BCUT2D eigenvalue weighted by Crippen LogP contribution is -2.28. The summed E-state index contributed by atoms with van der Waals surface area (Å²) in [5.41, 5.74) is 0.976. The van der Waals surface area contributed by atoms with Crippen molar-refractivity contribution in [2.24, 2.45) is 0 Å². The van der Waals surface area contributed by atoms with Crippen LogP contribution in [0.25, 0.3) is 10.9 Å². The summed E-state index contributed by atoms with van der Waals surface area (Å²) in [6.45, 7) is 4.25. The van der Waals surface area contributed by atoms with Crippen molar-refractivity contribution in [1.82, 2.24) is 10.3 Å². The smallest absolute Gasteiger partial charge is 0.121 e. The highest BCUT2D eigenvalue weighted by Gasteiger charge is 2.08. The van der Waals surface area contributed by atoms with Crippen LogP contribution in [0.4, 0.5) is 0 Å². The molecule has 2 unspecified atom stereocenters. The summed E-state index contributed by atoms with van der Waals surface area (Å²) in [6.07, 6.45) is 2.98. The van der Waals surface area contributed by atoms with Crippen molar-refractivity contribution in [3.8, 4) is 5.75 Å². The normalized spacial score (nSPS) is 14.4. The van der Waals surface area contributed by atoms with Crippen LogP contribution in [-0.4, -0.2) is 24.2 Å². The van der Waals surface area contributed by atoms with E-state index in [0.29, 0.717) is 6.04 Å². The summed E-state index contributed by atoms with van der Waals surface area (Å²) in [7, 11) is 1.97. The van der Waals surface area contributed by atoms with Gasteiger partial charge in [0, 0.05) is 23.7 Å². The monoisotopic (exact) mass is 244 g/mol. The van der Waals surface area contributed by atoms with Crippen molar-refractivity contribution in [3.05, 3.63) is 36.5 Å². The second-order valence-corrected chi connectivity index (χ2v) is 4.71. The van der Waals surface area contributed by atoms with Crippen molar-refractivity contribution in [2.45, 2.75) is 32.4 Å². The van der Waals surface area contributed by atoms with Gasteiger partial charge >= 0.3 is 0 Å². The second kappa shape index (κ2) is 5.83. The number of nitrogens with one attached hydrogen (secondary N) is 1. The third-order valence-corrected chi connectivity index (χ3v) is 3.09. The summed E-state index contributed by atoms with van der Waals surface area (Å²) < 4.78 is 5.91. The standard InChI is InChI=1S/C15H20N2O/c1-11(16-3)9-12(2)18-14-7-6-13-5-4-8-17-15(13)10-14/h4-8,10-12,16H,9H2,1-3H3. The van der Waals surface area contributed by atoms with E-state index in [2.05, 4.69) is 30.2 Å². The summed E-state index contributed by atoms with van der Waals surface area (Å²) in [5, 5.41) is 4.36. The van der Waals surface area contributed by atoms with Crippen LogP contribution in [0.2, 0.25) is 0 Å². The molecule has 0 radical (unpaired) electrons. The molecule has 1 N–H and O–H groups in total. The molecule has 0 aliphatic rings. The van der Waals surface area contributed by atoms with E-state index in [0.717, 1.165) is 23.1 Å². The lowest BCUT2D eigenvalue weighted by molar-refractivity contribution is 0.198. The third-order valence-electron chi connectivity index (χ3n) is 3.09. The average Bonchev–Trinajstić information content (AvgIpc) is 2.38. The third kappa shape index (κ3) is 3.20. The molecule has 0 aliphatic heterocycles. The van der Waals surface area contributed by atoms with Gasteiger partial charge in [-0.3, -0.25) is 4.98 Å². The van der Waals surface area contributed by atoms with Gasteiger partial charge in [0.15, 0.2) is 0 Å². The van der Waals surface area contributed by atoms with Gasteiger partial charge in [-0.15, -0.1) is 0 Å². The van der Waals surface area contributed by atoms with E-state index in [-0.39, 0.29) is 6.10 Å². The Labute approximate surface area is 108 Å². The zero-order valence-electron chi connectivity index (χ0n) is 11.2. The number of ether oxygens (including phenoxy) is 1. The van der Waals surface area contributed by atoms with Crippen LogP contribution in [0.3, 0.4) is 0 Å². The van der Waals surface area contributed by atoms with Crippen LogP contribution in [-0.2, 0) is 0 Å². The lowest BCUT2D eigenvalue weighted by atomic mass is 10.1. The number of hydrogen-bond acceptors (Lipinski definition) is 3. The lowest BCUT2D eigenvalue weighted by Gasteiger charge is -2.18. The zero-order valence-corrected chi connectivity index (χ0v) is 11.2. The van der Waals surface area contributed by atoms with E-state index in [4.69, 9.17) is 4.74 Å². The molecule has 0 aliphatic carbocycles. The Morgan fingerprint density at radius 1 is 1.28 bits per heavy atom. The van der Waals surface area contributed by atoms with E-state index in [1.54, 1.807) is 6.20 Å². The minimum Gasteiger partial charge on any atom is -0.491 e. The zero-order chi connectivity index (χ0) is 13.0. The first-order valence-electron chi connectivity index (χ1n) is 6.37. The summed E-state index contributed by atoms with van der Waals surface area (Å²) in [6, 6.07) is 10.5. The minimum atomic E-state index is 0.189. The number of nitrogens with zero attached hydrogens (tertiary/aromatic N) is 1. The van der Waals surface area contributed by atoms with Gasteiger partial charge in [-0.2, -0.15) is 0 Å². The predicted octanol–water partition coefficient (Wildman–Crippen LogP) is 3.00. The first-order valence-corrected chi connectivity index (χ1v) is 6.37. The second-order valence-electron chi connectivity index (χ2n) is 4.71. The fourth-order valence-corrected chi connectivity index (χ4v) is 2.02. The van der Waals surface area contributed by atoms with Gasteiger partial charge in [-0.25, -0.2) is 0 Å². The number of benzene rings is 1. The summed E-state index contributed by atoms with van der Waals surface area (Å²) in [5.74, 6) is 0.886. The molecule has 0 fully saturated rings. The quantitative estimate of drug-likeness (QED) is 0.878. The molecular formula is C15H20N2O. The Morgan fingerprint density at radius 3 is 2.89 bits per heavy atom. The topological polar surface area (TPSA) is 34.1 Å². The summed E-state index contributed by atoms with van der Waals surface area (Å²) >= 11 is 0. The highest BCUT2D eigenvalue weighted by atomic mass is 16.5. The molecule has 0 saturated carbocycles. The molecule has 18 heavy (non-hydrogen) atoms. The van der Waals surface area contributed by atoms with Crippen LogP contribution in [0.1, 0.15) is 20.3 Å². The average molecular weight is 244 g/mol. The van der Waals surface area contributed by atoms with Gasteiger partial charge in [0.2, 0.25) is 0 Å². The molecule has 0 bridgehead atoms. The number of hydrogen-bond donors (Lipinski definition) is 1. The molecule has 2 rings (SSSR count). The van der Waals surface area contributed by atoms with Crippen molar-refractivity contribution < 1.29 is 4.74 Å². The summed E-state index contributed by atoms with van der Waals surface area (Å²) in [4.78, 5) is 4.33. The van der Waals surface area contributed by atoms with Crippen molar-refractivity contribution in [2.75, 3.05) is 7.05 Å². The SMILES string of the molecule is CNC(C)CC(C)Oc1ccc2cccnc2c1. The molecule has 1 heterocycles. The molecule has 0 spiro atoms. The molecule has 96 valence electrons. The molecular weight excluding hydrogens is 224 g/mol. The maximum Gasteiger partial charge on any atom is 0.121 e. The first kappa shape index (κ1) is 12.8.